The Morgan fingerprint density at radius 3 is 2.60 bits per heavy atom. The molecule has 4 N–H and O–H groups in total. The SMILES string of the molecule is CC(O)C(=O)N[C@@H](C)[C@@H]1CC[C@@H](Nc2ncnc3[nH]cc(C(=O)c4ccc(Oc5ccccc5)cc4Cl)c23)CO1. The fourth-order valence-corrected chi connectivity index (χ4v) is 4.93. The highest BCUT2D eigenvalue weighted by Gasteiger charge is 2.29. The molecular weight excluding hydrogens is 534 g/mol. The molecule has 2 aromatic carbocycles. The molecule has 3 heterocycles. The van der Waals surface area contributed by atoms with Crippen molar-refractivity contribution in [3.63, 3.8) is 0 Å². The first kappa shape index (κ1) is 27.6. The molecule has 0 aliphatic carbocycles. The van der Waals surface area contributed by atoms with Gasteiger partial charge in [0.05, 0.1) is 40.8 Å². The molecule has 4 atom stereocenters. The number of aliphatic hydroxyl groups excluding tert-OH is 1. The van der Waals surface area contributed by atoms with Crippen molar-refractivity contribution >= 4 is 40.1 Å². The van der Waals surface area contributed by atoms with Crippen LogP contribution < -0.4 is 15.4 Å². The number of amides is 1. The Morgan fingerprint density at radius 1 is 1.10 bits per heavy atom. The van der Waals surface area contributed by atoms with Gasteiger partial charge < -0.3 is 30.2 Å². The molecule has 10 nitrogen and oxygen atoms in total. The van der Waals surface area contributed by atoms with Crippen molar-refractivity contribution in [1.29, 1.82) is 0 Å². The summed E-state index contributed by atoms with van der Waals surface area (Å²) in [5.41, 5.74) is 1.24. The molecule has 1 amide bonds. The summed E-state index contributed by atoms with van der Waals surface area (Å²) in [6.45, 7) is 3.67. The molecule has 208 valence electrons. The summed E-state index contributed by atoms with van der Waals surface area (Å²) in [6, 6.07) is 14.0. The summed E-state index contributed by atoms with van der Waals surface area (Å²) < 4.78 is 11.8. The van der Waals surface area contributed by atoms with Crippen molar-refractivity contribution in [2.45, 2.75) is 51.0 Å². The Morgan fingerprint density at radius 2 is 1.90 bits per heavy atom. The van der Waals surface area contributed by atoms with Crippen molar-refractivity contribution in [2.24, 2.45) is 0 Å². The Kier molecular flexibility index (Phi) is 8.29. The quantitative estimate of drug-likeness (QED) is 0.219. The van der Waals surface area contributed by atoms with Gasteiger partial charge in [0.2, 0.25) is 5.91 Å². The number of ketones is 1. The van der Waals surface area contributed by atoms with Crippen LogP contribution in [0.15, 0.2) is 61.1 Å². The standard InChI is InChI=1S/C29H30ClN5O5/c1-16(34-29(38)17(2)36)24-11-8-18(14-39-24)35-28-25-22(13-31-27(25)32-15-33-28)26(37)21-10-9-20(12-23(21)30)40-19-6-4-3-5-7-19/h3-7,9-10,12-13,15-18,24,36H,8,11,14H2,1-2H3,(H,34,38)(H2,31,32,33,35)/t16-,17?,18+,24-/m0/s1. The third-order valence-corrected chi connectivity index (χ3v) is 7.15. The molecule has 11 heteroatoms. The minimum absolute atomic E-state index is 0.0649. The summed E-state index contributed by atoms with van der Waals surface area (Å²) >= 11 is 6.53. The van der Waals surface area contributed by atoms with Crippen molar-refractivity contribution in [1.82, 2.24) is 20.3 Å². The molecule has 1 fully saturated rings. The van der Waals surface area contributed by atoms with Crippen molar-refractivity contribution < 1.29 is 24.2 Å². The van der Waals surface area contributed by atoms with Crippen molar-refractivity contribution in [2.75, 3.05) is 11.9 Å². The van der Waals surface area contributed by atoms with Crippen LogP contribution in [-0.4, -0.2) is 62.6 Å². The molecule has 5 rings (SSSR count). The molecule has 0 saturated carbocycles. The average molecular weight is 564 g/mol. The summed E-state index contributed by atoms with van der Waals surface area (Å²) in [6.07, 6.45) is 3.24. The van der Waals surface area contributed by atoms with Crippen LogP contribution >= 0.6 is 11.6 Å². The number of anilines is 1. The van der Waals surface area contributed by atoms with E-state index in [1.54, 1.807) is 24.4 Å². The molecule has 1 saturated heterocycles. The highest BCUT2D eigenvalue weighted by atomic mass is 35.5. The predicted molar refractivity (Wildman–Crippen MR) is 151 cm³/mol. The molecule has 1 unspecified atom stereocenters. The zero-order valence-electron chi connectivity index (χ0n) is 22.1. The van der Waals surface area contributed by atoms with E-state index in [9.17, 15) is 14.7 Å². The summed E-state index contributed by atoms with van der Waals surface area (Å²) in [4.78, 5) is 37.2. The summed E-state index contributed by atoms with van der Waals surface area (Å²) in [5, 5.41) is 16.4. The molecule has 1 aliphatic rings. The van der Waals surface area contributed by atoms with E-state index in [0.29, 0.717) is 52.5 Å². The number of carbonyl (C=O) groups excluding carboxylic acids is 2. The second kappa shape index (κ2) is 12.0. The number of aromatic nitrogens is 3. The first-order chi connectivity index (χ1) is 19.3. The lowest BCUT2D eigenvalue weighted by atomic mass is 9.99. The third kappa shape index (κ3) is 6.09. The van der Waals surface area contributed by atoms with Gasteiger partial charge in [-0.1, -0.05) is 29.8 Å². The van der Waals surface area contributed by atoms with Crippen LogP contribution in [0.3, 0.4) is 0 Å². The lowest BCUT2D eigenvalue weighted by Crippen LogP contribution is -2.49. The fraction of sp³-hybridized carbons (Fsp3) is 0.310. The van der Waals surface area contributed by atoms with Gasteiger partial charge in [-0.15, -0.1) is 0 Å². The number of aliphatic hydroxyl groups is 1. The van der Waals surface area contributed by atoms with E-state index in [2.05, 4.69) is 25.6 Å². The first-order valence-electron chi connectivity index (χ1n) is 13.1. The number of para-hydroxylation sites is 1. The van der Waals surface area contributed by atoms with Crippen LogP contribution in [0.5, 0.6) is 11.5 Å². The van der Waals surface area contributed by atoms with Crippen molar-refractivity contribution in [3.8, 4) is 11.5 Å². The Bertz CT molecular complexity index is 1500. The van der Waals surface area contributed by atoms with Crippen LogP contribution in [0.1, 0.15) is 42.6 Å². The van der Waals surface area contributed by atoms with E-state index < -0.39 is 12.0 Å². The van der Waals surface area contributed by atoms with E-state index >= 15 is 0 Å². The number of carbonyl (C=O) groups is 2. The van der Waals surface area contributed by atoms with Crippen LogP contribution in [0, 0.1) is 0 Å². The van der Waals surface area contributed by atoms with E-state index in [4.69, 9.17) is 21.1 Å². The number of rotatable bonds is 9. The molecule has 4 aromatic rings. The highest BCUT2D eigenvalue weighted by Crippen LogP contribution is 2.32. The monoisotopic (exact) mass is 563 g/mol. The third-order valence-electron chi connectivity index (χ3n) is 6.84. The number of aromatic amines is 1. The van der Waals surface area contributed by atoms with Gasteiger partial charge in [-0.3, -0.25) is 9.59 Å². The molecule has 40 heavy (non-hydrogen) atoms. The lowest BCUT2D eigenvalue weighted by molar-refractivity contribution is -0.130. The minimum atomic E-state index is -1.07. The van der Waals surface area contributed by atoms with E-state index in [1.165, 1.54) is 13.3 Å². The molecule has 1 aliphatic heterocycles. The first-order valence-corrected chi connectivity index (χ1v) is 13.4. The topological polar surface area (TPSA) is 138 Å². The largest absolute Gasteiger partial charge is 0.457 e. The maximum absolute atomic E-state index is 13.6. The van der Waals surface area contributed by atoms with Gasteiger partial charge in [0.15, 0.2) is 5.78 Å². The number of ether oxygens (including phenoxy) is 2. The Labute approximate surface area is 236 Å². The Hall–Kier alpha value is -3.99. The van der Waals surface area contributed by atoms with Crippen LogP contribution in [0.25, 0.3) is 11.0 Å². The molecule has 0 bridgehead atoms. The van der Waals surface area contributed by atoms with Gasteiger partial charge >= 0.3 is 0 Å². The average Bonchev–Trinajstić information content (AvgIpc) is 3.39. The van der Waals surface area contributed by atoms with E-state index in [-0.39, 0.29) is 29.0 Å². The van der Waals surface area contributed by atoms with Gasteiger partial charge in [0.1, 0.15) is 35.4 Å². The van der Waals surface area contributed by atoms with Crippen LogP contribution in [0.2, 0.25) is 5.02 Å². The number of nitrogens with one attached hydrogen (secondary N) is 3. The van der Waals surface area contributed by atoms with Crippen LogP contribution in [-0.2, 0) is 9.53 Å². The smallest absolute Gasteiger partial charge is 0.248 e. The molecule has 0 radical (unpaired) electrons. The van der Waals surface area contributed by atoms with E-state index in [1.807, 2.05) is 37.3 Å². The summed E-state index contributed by atoms with van der Waals surface area (Å²) in [5.74, 6) is 0.995. The van der Waals surface area contributed by atoms with Gasteiger partial charge in [0, 0.05) is 17.8 Å². The van der Waals surface area contributed by atoms with Crippen LogP contribution in [0.4, 0.5) is 5.82 Å². The normalized spacial score (nSPS) is 18.6. The second-order valence-electron chi connectivity index (χ2n) is 9.80. The minimum Gasteiger partial charge on any atom is -0.457 e. The van der Waals surface area contributed by atoms with Gasteiger partial charge in [0.25, 0.3) is 0 Å². The molecule has 0 spiro atoms. The van der Waals surface area contributed by atoms with Gasteiger partial charge in [-0.2, -0.15) is 0 Å². The maximum Gasteiger partial charge on any atom is 0.248 e. The number of halogens is 1. The number of benzene rings is 2. The number of hydrogen-bond donors (Lipinski definition) is 4. The maximum atomic E-state index is 13.6. The second-order valence-corrected chi connectivity index (χ2v) is 10.2. The molecular formula is C29H30ClN5O5. The number of fused-ring (bicyclic) bond motifs is 1. The van der Waals surface area contributed by atoms with Crippen molar-refractivity contribution in [3.05, 3.63) is 77.2 Å². The predicted octanol–water partition coefficient (Wildman–Crippen LogP) is 4.48. The Balaban J connectivity index is 1.30. The lowest BCUT2D eigenvalue weighted by Gasteiger charge is -2.33. The zero-order chi connectivity index (χ0) is 28.2. The number of H-pyrrole nitrogens is 1. The van der Waals surface area contributed by atoms with Gasteiger partial charge in [-0.05, 0) is 51.0 Å². The van der Waals surface area contributed by atoms with Gasteiger partial charge in [-0.25, -0.2) is 9.97 Å². The highest BCUT2D eigenvalue weighted by molar-refractivity contribution is 6.35. The summed E-state index contributed by atoms with van der Waals surface area (Å²) in [7, 11) is 0. The fourth-order valence-electron chi connectivity index (χ4n) is 4.68. The number of nitrogens with zero attached hydrogens (tertiary/aromatic N) is 2. The number of hydrogen-bond acceptors (Lipinski definition) is 8. The zero-order valence-corrected chi connectivity index (χ0v) is 22.8. The molecule has 2 aromatic heterocycles. The van der Waals surface area contributed by atoms with E-state index in [0.717, 1.165) is 6.42 Å².